The highest BCUT2D eigenvalue weighted by Crippen LogP contribution is 2.09. The highest BCUT2D eigenvalue weighted by Gasteiger charge is 2.21. The largest absolute Gasteiger partial charge is 0.481 e. The average Bonchev–Trinajstić information content (AvgIpc) is 2.43. The third-order valence-electron chi connectivity index (χ3n) is 2.85. The molecule has 7 heteroatoms. The van der Waals surface area contributed by atoms with E-state index in [0.717, 1.165) is 5.56 Å². The van der Waals surface area contributed by atoms with E-state index in [0.29, 0.717) is 5.56 Å². The monoisotopic (exact) mass is 337 g/mol. The Morgan fingerprint density at radius 1 is 1.12 bits per heavy atom. The minimum Gasteiger partial charge on any atom is -0.481 e. The Balaban J connectivity index is 2.44. The van der Waals surface area contributed by atoms with Crippen LogP contribution < -0.4 is 5.32 Å². The van der Waals surface area contributed by atoms with E-state index in [4.69, 9.17) is 14.6 Å². The Morgan fingerprint density at radius 3 is 2.17 bits per heavy atom. The van der Waals surface area contributed by atoms with Crippen LogP contribution >= 0.6 is 0 Å². The second-order valence-corrected chi connectivity index (χ2v) is 6.36. The first-order valence-electron chi connectivity index (χ1n) is 7.52. The van der Waals surface area contributed by atoms with Crippen molar-refractivity contribution in [3.8, 4) is 0 Å². The van der Waals surface area contributed by atoms with E-state index >= 15 is 0 Å². The number of rotatable bonds is 6. The lowest BCUT2D eigenvalue weighted by Crippen LogP contribution is -2.42. The maximum Gasteiger partial charge on any atom is 0.408 e. The number of carbonyl (C=O) groups excluding carboxylic acids is 2. The van der Waals surface area contributed by atoms with Crippen LogP contribution in [0.5, 0.6) is 0 Å². The maximum atomic E-state index is 11.9. The highest BCUT2D eigenvalue weighted by molar-refractivity contribution is 5.81. The van der Waals surface area contributed by atoms with Gasteiger partial charge in [0.1, 0.15) is 18.2 Å². The Morgan fingerprint density at radius 2 is 1.67 bits per heavy atom. The van der Waals surface area contributed by atoms with Gasteiger partial charge in [-0.05, 0) is 38.8 Å². The molecule has 0 aliphatic heterocycles. The van der Waals surface area contributed by atoms with Crippen LogP contribution in [0.2, 0.25) is 0 Å². The molecule has 1 aromatic carbocycles. The van der Waals surface area contributed by atoms with Gasteiger partial charge in [0.2, 0.25) is 0 Å². The molecule has 7 nitrogen and oxygen atoms in total. The van der Waals surface area contributed by atoms with Crippen molar-refractivity contribution in [2.75, 3.05) is 0 Å². The molecule has 0 bridgehead atoms. The van der Waals surface area contributed by atoms with Gasteiger partial charge in [-0.3, -0.25) is 4.79 Å². The lowest BCUT2D eigenvalue weighted by Gasteiger charge is -2.21. The summed E-state index contributed by atoms with van der Waals surface area (Å²) >= 11 is 0. The van der Waals surface area contributed by atoms with Crippen LogP contribution in [0.25, 0.3) is 0 Å². The zero-order valence-corrected chi connectivity index (χ0v) is 14.3. The summed E-state index contributed by atoms with van der Waals surface area (Å²) in [5.41, 5.74) is 0.741. The zero-order chi connectivity index (χ0) is 18.3. The molecule has 0 radical (unpaired) electrons. The third kappa shape index (κ3) is 7.62. The first kappa shape index (κ1) is 19.5. The van der Waals surface area contributed by atoms with Gasteiger partial charge in [-0.2, -0.15) is 0 Å². The van der Waals surface area contributed by atoms with Crippen LogP contribution in [0.15, 0.2) is 24.3 Å². The minimum absolute atomic E-state index is 0.0342. The molecule has 132 valence electrons. The van der Waals surface area contributed by atoms with E-state index in [1.165, 1.54) is 6.92 Å². The van der Waals surface area contributed by atoms with Gasteiger partial charge >= 0.3 is 18.0 Å². The zero-order valence-electron chi connectivity index (χ0n) is 14.3. The van der Waals surface area contributed by atoms with Crippen LogP contribution in [-0.4, -0.2) is 34.8 Å². The van der Waals surface area contributed by atoms with Crippen molar-refractivity contribution in [1.29, 1.82) is 0 Å². The molecule has 0 aliphatic rings. The number of ether oxygens (including phenoxy) is 2. The summed E-state index contributed by atoms with van der Waals surface area (Å²) in [7, 11) is 0. The number of alkyl carbamates (subject to hydrolysis) is 1. The van der Waals surface area contributed by atoms with E-state index in [1.54, 1.807) is 45.0 Å². The Hall–Kier alpha value is -2.57. The van der Waals surface area contributed by atoms with E-state index in [1.807, 2.05) is 0 Å². The summed E-state index contributed by atoms with van der Waals surface area (Å²) < 4.78 is 10.2. The molecule has 0 fully saturated rings. The number of hydrogen-bond acceptors (Lipinski definition) is 5. The standard InChI is InChI=1S/C17H23NO6/c1-11(18-16(22)24-17(2,3)4)15(21)23-10-13-7-5-12(6-8-13)9-14(19)20/h5-8,11H,9-10H2,1-4H3,(H,18,22)(H,19,20)/t11-/m0/s1. The van der Waals surface area contributed by atoms with E-state index in [-0.39, 0.29) is 13.0 Å². The smallest absolute Gasteiger partial charge is 0.408 e. The van der Waals surface area contributed by atoms with Crippen LogP contribution in [0.4, 0.5) is 4.79 Å². The number of benzene rings is 1. The number of amides is 1. The number of esters is 1. The topological polar surface area (TPSA) is 102 Å². The van der Waals surface area contributed by atoms with Gasteiger partial charge in [0, 0.05) is 0 Å². The third-order valence-corrected chi connectivity index (χ3v) is 2.85. The van der Waals surface area contributed by atoms with Gasteiger partial charge in [-0.25, -0.2) is 9.59 Å². The van der Waals surface area contributed by atoms with Gasteiger partial charge in [-0.1, -0.05) is 24.3 Å². The SMILES string of the molecule is C[C@H](NC(=O)OC(C)(C)C)C(=O)OCc1ccc(CC(=O)O)cc1. The van der Waals surface area contributed by atoms with E-state index in [2.05, 4.69) is 5.32 Å². The highest BCUT2D eigenvalue weighted by atomic mass is 16.6. The number of carbonyl (C=O) groups is 3. The van der Waals surface area contributed by atoms with Crippen molar-refractivity contribution < 1.29 is 29.0 Å². The fourth-order valence-electron chi connectivity index (χ4n) is 1.75. The number of aliphatic carboxylic acids is 1. The second kappa shape index (κ2) is 8.33. The van der Waals surface area contributed by atoms with Gasteiger partial charge < -0.3 is 19.9 Å². The molecule has 24 heavy (non-hydrogen) atoms. The molecular formula is C17H23NO6. The van der Waals surface area contributed by atoms with Crippen molar-refractivity contribution in [2.45, 2.75) is 52.4 Å². The summed E-state index contributed by atoms with van der Waals surface area (Å²) in [6, 6.07) is 5.88. The summed E-state index contributed by atoms with van der Waals surface area (Å²) in [5, 5.41) is 11.1. The molecule has 2 N–H and O–H groups in total. The Bertz CT molecular complexity index is 588. The molecule has 0 saturated heterocycles. The van der Waals surface area contributed by atoms with E-state index < -0.39 is 29.7 Å². The predicted molar refractivity (Wildman–Crippen MR) is 86.4 cm³/mol. The second-order valence-electron chi connectivity index (χ2n) is 6.36. The van der Waals surface area contributed by atoms with Crippen molar-refractivity contribution in [2.24, 2.45) is 0 Å². The lowest BCUT2D eigenvalue weighted by atomic mass is 10.1. The molecule has 1 atom stereocenters. The molecular weight excluding hydrogens is 314 g/mol. The van der Waals surface area contributed by atoms with Gasteiger partial charge in [0.25, 0.3) is 0 Å². The molecule has 1 rings (SSSR count). The maximum absolute atomic E-state index is 11.9. The Labute approximate surface area is 141 Å². The van der Waals surface area contributed by atoms with Crippen molar-refractivity contribution in [3.63, 3.8) is 0 Å². The van der Waals surface area contributed by atoms with Crippen LogP contribution in [0, 0.1) is 0 Å². The summed E-state index contributed by atoms with van der Waals surface area (Å²) in [5.74, 6) is -1.49. The number of carboxylic acids is 1. The van der Waals surface area contributed by atoms with Crippen LogP contribution in [0.3, 0.4) is 0 Å². The lowest BCUT2D eigenvalue weighted by molar-refractivity contribution is -0.147. The molecule has 0 aromatic heterocycles. The Kier molecular flexibility index (Phi) is 6.76. The number of carboxylic acid groups (broad SMARTS) is 1. The van der Waals surface area contributed by atoms with Crippen molar-refractivity contribution in [1.82, 2.24) is 5.32 Å². The number of nitrogens with one attached hydrogen (secondary N) is 1. The van der Waals surface area contributed by atoms with E-state index in [9.17, 15) is 14.4 Å². The molecule has 0 spiro atoms. The summed E-state index contributed by atoms with van der Waals surface area (Å²) in [6.45, 7) is 6.71. The predicted octanol–water partition coefficient (Wildman–Crippen LogP) is 2.27. The average molecular weight is 337 g/mol. The number of hydrogen-bond donors (Lipinski definition) is 2. The molecule has 0 aliphatic carbocycles. The molecule has 0 unspecified atom stereocenters. The quantitative estimate of drug-likeness (QED) is 0.772. The van der Waals surface area contributed by atoms with Crippen LogP contribution in [-0.2, 0) is 32.1 Å². The molecule has 1 amide bonds. The van der Waals surface area contributed by atoms with Gasteiger partial charge in [0.15, 0.2) is 0 Å². The normalized spacial score (nSPS) is 12.2. The van der Waals surface area contributed by atoms with Crippen LogP contribution in [0.1, 0.15) is 38.8 Å². The summed E-state index contributed by atoms with van der Waals surface area (Å²) in [6.07, 6.45) is -0.748. The summed E-state index contributed by atoms with van der Waals surface area (Å²) in [4.78, 5) is 34.0. The molecule has 0 heterocycles. The van der Waals surface area contributed by atoms with Crippen molar-refractivity contribution in [3.05, 3.63) is 35.4 Å². The fourth-order valence-corrected chi connectivity index (χ4v) is 1.75. The first-order chi connectivity index (χ1) is 11.1. The van der Waals surface area contributed by atoms with Gasteiger partial charge in [-0.15, -0.1) is 0 Å². The van der Waals surface area contributed by atoms with Crippen molar-refractivity contribution >= 4 is 18.0 Å². The van der Waals surface area contributed by atoms with Gasteiger partial charge in [0.05, 0.1) is 6.42 Å². The minimum atomic E-state index is -0.906. The molecule has 1 aromatic rings. The fraction of sp³-hybridized carbons (Fsp3) is 0.471. The molecule has 0 saturated carbocycles. The first-order valence-corrected chi connectivity index (χ1v) is 7.52.